The van der Waals surface area contributed by atoms with Crippen LogP contribution in [-0.2, 0) is 4.74 Å². The van der Waals surface area contributed by atoms with Gasteiger partial charge in [0, 0.05) is 37.4 Å². The minimum atomic E-state index is 0.0625. The zero-order valence-electron chi connectivity index (χ0n) is 10.4. The highest BCUT2D eigenvalue weighted by atomic mass is 79.9. The highest BCUT2D eigenvalue weighted by Crippen LogP contribution is 2.16. The summed E-state index contributed by atoms with van der Waals surface area (Å²) >= 11 is 3.29. The summed E-state index contributed by atoms with van der Waals surface area (Å²) in [4.78, 5) is 18.3. The Morgan fingerprint density at radius 2 is 2.50 bits per heavy atom. The van der Waals surface area contributed by atoms with Crippen LogP contribution in [0.3, 0.4) is 0 Å². The van der Waals surface area contributed by atoms with Gasteiger partial charge < -0.3 is 9.64 Å². The van der Waals surface area contributed by atoms with Gasteiger partial charge in [0.15, 0.2) is 0 Å². The van der Waals surface area contributed by atoms with E-state index in [0.29, 0.717) is 16.1 Å². The van der Waals surface area contributed by atoms with Crippen LogP contribution in [0, 0.1) is 5.92 Å². The van der Waals surface area contributed by atoms with E-state index < -0.39 is 0 Å². The Balaban J connectivity index is 2.04. The molecule has 0 spiro atoms. The lowest BCUT2D eigenvalue weighted by molar-refractivity contribution is 0.0730. The Labute approximate surface area is 115 Å². The molecule has 0 aromatic carbocycles. The van der Waals surface area contributed by atoms with Crippen molar-refractivity contribution in [1.82, 2.24) is 9.88 Å². The molecule has 98 valence electrons. The largest absolute Gasteiger partial charge is 0.381 e. The van der Waals surface area contributed by atoms with Crippen molar-refractivity contribution in [3.8, 4) is 0 Å². The quantitative estimate of drug-likeness (QED) is 0.801. The van der Waals surface area contributed by atoms with E-state index in [2.05, 4.69) is 20.9 Å². The van der Waals surface area contributed by atoms with Crippen molar-refractivity contribution >= 4 is 21.8 Å². The first-order valence-corrected chi connectivity index (χ1v) is 6.98. The van der Waals surface area contributed by atoms with Crippen molar-refractivity contribution in [3.05, 3.63) is 28.5 Å². The Morgan fingerprint density at radius 3 is 3.11 bits per heavy atom. The van der Waals surface area contributed by atoms with Crippen molar-refractivity contribution in [3.63, 3.8) is 0 Å². The molecule has 1 aromatic rings. The standard InChI is InChI=1S/C13H17BrN2O2/c1-2-16(8-10-4-6-18-9-10)13(17)11-3-5-15-12(14)7-11/h3,5,7,10H,2,4,6,8-9H2,1H3. The number of amides is 1. The molecule has 1 aliphatic heterocycles. The number of rotatable bonds is 4. The molecular formula is C13H17BrN2O2. The highest BCUT2D eigenvalue weighted by Gasteiger charge is 2.22. The van der Waals surface area contributed by atoms with Gasteiger partial charge in [-0.1, -0.05) is 0 Å². The Kier molecular flexibility index (Phi) is 4.72. The number of nitrogens with zero attached hydrogens (tertiary/aromatic N) is 2. The molecule has 5 heteroatoms. The summed E-state index contributed by atoms with van der Waals surface area (Å²) in [5, 5.41) is 0. The van der Waals surface area contributed by atoms with Crippen molar-refractivity contribution in [2.24, 2.45) is 5.92 Å². The Hall–Kier alpha value is -0.940. The predicted molar refractivity (Wildman–Crippen MR) is 72.4 cm³/mol. The summed E-state index contributed by atoms with van der Waals surface area (Å²) in [6, 6.07) is 3.51. The normalized spacial score (nSPS) is 18.9. The first-order valence-electron chi connectivity index (χ1n) is 6.19. The molecule has 1 fully saturated rings. The number of pyridine rings is 1. The van der Waals surface area contributed by atoms with Crippen LogP contribution in [0.5, 0.6) is 0 Å². The van der Waals surface area contributed by atoms with Gasteiger partial charge in [-0.25, -0.2) is 4.98 Å². The fourth-order valence-electron chi connectivity index (χ4n) is 2.11. The topological polar surface area (TPSA) is 42.4 Å². The number of hydrogen-bond acceptors (Lipinski definition) is 3. The minimum absolute atomic E-state index is 0.0625. The minimum Gasteiger partial charge on any atom is -0.381 e. The summed E-state index contributed by atoms with van der Waals surface area (Å²) in [5.74, 6) is 0.534. The molecule has 0 saturated carbocycles. The van der Waals surface area contributed by atoms with Gasteiger partial charge in [-0.3, -0.25) is 4.79 Å². The number of halogens is 1. The highest BCUT2D eigenvalue weighted by molar-refractivity contribution is 9.10. The lowest BCUT2D eigenvalue weighted by atomic mass is 10.1. The fraction of sp³-hybridized carbons (Fsp3) is 0.538. The molecule has 4 nitrogen and oxygen atoms in total. The molecular weight excluding hydrogens is 296 g/mol. The van der Waals surface area contributed by atoms with E-state index in [0.717, 1.165) is 32.7 Å². The van der Waals surface area contributed by atoms with Crippen LogP contribution in [0.4, 0.5) is 0 Å². The first-order chi connectivity index (χ1) is 8.70. The van der Waals surface area contributed by atoms with Crippen LogP contribution in [-0.4, -0.2) is 42.1 Å². The number of carbonyl (C=O) groups excluding carboxylic acids is 1. The number of ether oxygens (including phenoxy) is 1. The second kappa shape index (κ2) is 6.29. The maximum absolute atomic E-state index is 12.4. The summed E-state index contributed by atoms with van der Waals surface area (Å²) in [6.07, 6.45) is 2.69. The van der Waals surface area contributed by atoms with Gasteiger partial charge in [-0.05, 0) is 41.4 Å². The van der Waals surface area contributed by atoms with E-state index in [9.17, 15) is 4.79 Å². The van der Waals surface area contributed by atoms with Crippen LogP contribution in [0.1, 0.15) is 23.7 Å². The average Bonchev–Trinajstić information content (AvgIpc) is 2.88. The summed E-state index contributed by atoms with van der Waals surface area (Å²) in [6.45, 7) is 5.08. The molecule has 1 amide bonds. The van der Waals surface area contributed by atoms with E-state index in [-0.39, 0.29) is 5.91 Å². The predicted octanol–water partition coefficient (Wildman–Crippen LogP) is 2.34. The van der Waals surface area contributed by atoms with Gasteiger partial charge in [0.1, 0.15) is 4.60 Å². The van der Waals surface area contributed by atoms with Crippen molar-refractivity contribution in [1.29, 1.82) is 0 Å². The van der Waals surface area contributed by atoms with Gasteiger partial charge in [0.05, 0.1) is 6.61 Å². The molecule has 0 N–H and O–H groups in total. The molecule has 18 heavy (non-hydrogen) atoms. The third-order valence-electron chi connectivity index (χ3n) is 3.15. The molecule has 1 unspecified atom stereocenters. The number of carbonyl (C=O) groups is 1. The number of aromatic nitrogens is 1. The molecule has 2 heterocycles. The van der Waals surface area contributed by atoms with Crippen molar-refractivity contribution < 1.29 is 9.53 Å². The van der Waals surface area contributed by atoms with Crippen LogP contribution in [0.2, 0.25) is 0 Å². The molecule has 1 aromatic heterocycles. The van der Waals surface area contributed by atoms with Gasteiger partial charge >= 0.3 is 0 Å². The summed E-state index contributed by atoms with van der Waals surface area (Å²) in [5.41, 5.74) is 0.678. The van der Waals surface area contributed by atoms with Gasteiger partial charge in [0.25, 0.3) is 5.91 Å². The van der Waals surface area contributed by atoms with Crippen LogP contribution in [0.15, 0.2) is 22.9 Å². The van der Waals surface area contributed by atoms with Gasteiger partial charge in [-0.2, -0.15) is 0 Å². The zero-order valence-corrected chi connectivity index (χ0v) is 12.0. The van der Waals surface area contributed by atoms with Crippen LogP contribution < -0.4 is 0 Å². The maximum Gasteiger partial charge on any atom is 0.254 e. The molecule has 1 aliphatic rings. The smallest absolute Gasteiger partial charge is 0.254 e. The lowest BCUT2D eigenvalue weighted by Crippen LogP contribution is -2.35. The van der Waals surface area contributed by atoms with Crippen LogP contribution >= 0.6 is 15.9 Å². The first kappa shape index (κ1) is 13.5. The third kappa shape index (κ3) is 3.29. The second-order valence-electron chi connectivity index (χ2n) is 4.44. The van der Waals surface area contributed by atoms with E-state index in [1.807, 2.05) is 11.8 Å². The maximum atomic E-state index is 12.4. The second-order valence-corrected chi connectivity index (χ2v) is 5.25. The fourth-order valence-corrected chi connectivity index (χ4v) is 2.48. The SMILES string of the molecule is CCN(CC1CCOC1)C(=O)c1ccnc(Br)c1. The summed E-state index contributed by atoms with van der Waals surface area (Å²) < 4.78 is 6.04. The molecule has 1 saturated heterocycles. The third-order valence-corrected chi connectivity index (χ3v) is 3.58. The van der Waals surface area contributed by atoms with Gasteiger partial charge in [-0.15, -0.1) is 0 Å². The van der Waals surface area contributed by atoms with E-state index >= 15 is 0 Å². The molecule has 1 atom stereocenters. The van der Waals surface area contributed by atoms with E-state index in [1.165, 1.54) is 0 Å². The van der Waals surface area contributed by atoms with Crippen LogP contribution in [0.25, 0.3) is 0 Å². The zero-order chi connectivity index (χ0) is 13.0. The van der Waals surface area contributed by atoms with E-state index in [4.69, 9.17) is 4.74 Å². The Bertz CT molecular complexity index is 419. The molecule has 2 rings (SSSR count). The van der Waals surface area contributed by atoms with Crippen molar-refractivity contribution in [2.75, 3.05) is 26.3 Å². The molecule has 0 radical (unpaired) electrons. The molecule has 0 bridgehead atoms. The number of hydrogen-bond donors (Lipinski definition) is 0. The van der Waals surface area contributed by atoms with E-state index in [1.54, 1.807) is 18.3 Å². The average molecular weight is 313 g/mol. The summed E-state index contributed by atoms with van der Waals surface area (Å²) in [7, 11) is 0. The van der Waals surface area contributed by atoms with Gasteiger partial charge in [0.2, 0.25) is 0 Å². The Morgan fingerprint density at radius 1 is 1.67 bits per heavy atom. The molecule has 0 aliphatic carbocycles. The van der Waals surface area contributed by atoms with Crippen molar-refractivity contribution in [2.45, 2.75) is 13.3 Å². The lowest BCUT2D eigenvalue weighted by Gasteiger charge is -2.23. The monoisotopic (exact) mass is 312 g/mol.